The van der Waals surface area contributed by atoms with Gasteiger partial charge in [0.25, 0.3) is 0 Å². The number of nitrogens with two attached hydrogens (primary N) is 1. The van der Waals surface area contributed by atoms with Crippen LogP contribution < -0.4 is 5.73 Å². The molecule has 0 aliphatic carbocycles. The van der Waals surface area contributed by atoms with E-state index in [9.17, 15) is 0 Å². The van der Waals surface area contributed by atoms with Crippen LogP contribution in [0.15, 0.2) is 38.6 Å². The third kappa shape index (κ3) is 2.25. The molecule has 1 aromatic carbocycles. The molecule has 0 saturated carbocycles. The molecule has 84 valence electrons. The van der Waals surface area contributed by atoms with Gasteiger partial charge in [-0.15, -0.1) is 11.3 Å². The Kier molecular flexibility index (Phi) is 3.85. The van der Waals surface area contributed by atoms with Crippen molar-refractivity contribution in [1.82, 2.24) is 0 Å². The van der Waals surface area contributed by atoms with Crippen LogP contribution >= 0.6 is 43.2 Å². The lowest BCUT2D eigenvalue weighted by atomic mass is 10.0. The second kappa shape index (κ2) is 5.00. The fourth-order valence-electron chi connectivity index (χ4n) is 1.63. The molecule has 2 rings (SSSR count). The number of hydrogen-bond donors (Lipinski definition) is 1. The Morgan fingerprint density at radius 3 is 2.56 bits per heavy atom. The van der Waals surface area contributed by atoms with Crippen molar-refractivity contribution >= 4 is 43.2 Å². The van der Waals surface area contributed by atoms with Gasteiger partial charge in [0.2, 0.25) is 0 Å². The maximum atomic E-state index is 6.29. The number of thiophene rings is 1. The van der Waals surface area contributed by atoms with Crippen LogP contribution in [0.25, 0.3) is 0 Å². The second-order valence-electron chi connectivity index (χ2n) is 3.56. The first-order valence-corrected chi connectivity index (χ1v) is 7.31. The lowest BCUT2D eigenvalue weighted by molar-refractivity contribution is 0.876. The van der Waals surface area contributed by atoms with Crippen LogP contribution in [0, 0.1) is 6.92 Å². The molecule has 0 bridgehead atoms. The Hall–Kier alpha value is -0.160. The van der Waals surface area contributed by atoms with Gasteiger partial charge in [-0.05, 0) is 51.5 Å². The van der Waals surface area contributed by atoms with Crippen molar-refractivity contribution in [2.24, 2.45) is 5.73 Å². The Morgan fingerprint density at radius 2 is 1.94 bits per heavy atom. The normalized spacial score (nSPS) is 12.8. The van der Waals surface area contributed by atoms with E-state index in [1.54, 1.807) is 11.3 Å². The predicted octanol–water partition coefficient (Wildman–Crippen LogP) is 4.63. The van der Waals surface area contributed by atoms with Crippen molar-refractivity contribution in [2.75, 3.05) is 0 Å². The van der Waals surface area contributed by atoms with Gasteiger partial charge in [0, 0.05) is 13.8 Å². The summed E-state index contributed by atoms with van der Waals surface area (Å²) in [6.45, 7) is 2.08. The summed E-state index contributed by atoms with van der Waals surface area (Å²) in [5.41, 5.74) is 8.66. The van der Waals surface area contributed by atoms with E-state index in [0.29, 0.717) is 0 Å². The van der Waals surface area contributed by atoms with E-state index in [1.807, 2.05) is 23.6 Å². The molecule has 2 aromatic rings. The van der Waals surface area contributed by atoms with Crippen LogP contribution in [0.2, 0.25) is 0 Å². The van der Waals surface area contributed by atoms with Gasteiger partial charge in [-0.2, -0.15) is 0 Å². The molecule has 16 heavy (non-hydrogen) atoms. The van der Waals surface area contributed by atoms with Crippen molar-refractivity contribution in [2.45, 2.75) is 13.0 Å². The second-order valence-corrected chi connectivity index (χ2v) is 6.22. The maximum absolute atomic E-state index is 6.29. The number of halogens is 2. The van der Waals surface area contributed by atoms with Gasteiger partial charge in [-0.1, -0.05) is 28.1 Å². The van der Waals surface area contributed by atoms with Crippen molar-refractivity contribution in [3.05, 3.63) is 54.6 Å². The Morgan fingerprint density at radius 1 is 1.19 bits per heavy atom. The number of rotatable bonds is 2. The highest BCUT2D eigenvalue weighted by Gasteiger charge is 2.16. The van der Waals surface area contributed by atoms with E-state index in [4.69, 9.17) is 5.73 Å². The average Bonchev–Trinajstić information content (AvgIpc) is 2.68. The maximum Gasteiger partial charge on any atom is 0.0660 e. The highest BCUT2D eigenvalue weighted by atomic mass is 79.9. The lowest BCUT2D eigenvalue weighted by Crippen LogP contribution is -2.12. The molecule has 4 heteroatoms. The van der Waals surface area contributed by atoms with Crippen LogP contribution in [0.3, 0.4) is 0 Å². The summed E-state index contributed by atoms with van der Waals surface area (Å²) >= 11 is 8.74. The van der Waals surface area contributed by atoms with Crippen LogP contribution in [0.1, 0.15) is 22.0 Å². The summed E-state index contributed by atoms with van der Waals surface area (Å²) in [7, 11) is 0. The van der Waals surface area contributed by atoms with E-state index < -0.39 is 0 Å². The van der Waals surface area contributed by atoms with E-state index in [-0.39, 0.29) is 6.04 Å². The van der Waals surface area contributed by atoms with Crippen molar-refractivity contribution in [3.8, 4) is 0 Å². The van der Waals surface area contributed by atoms with Gasteiger partial charge in [-0.25, -0.2) is 0 Å². The molecular weight excluding hydrogens is 350 g/mol. The standard InChI is InChI=1S/C12H11Br2NS/c1-7-8(3-2-4-9(7)13)11(15)12-10(14)5-6-16-12/h2-6,11H,15H2,1H3. The van der Waals surface area contributed by atoms with Crippen LogP contribution in [-0.4, -0.2) is 0 Å². The summed E-state index contributed by atoms with van der Waals surface area (Å²) in [6, 6.07) is 8.11. The Bertz CT molecular complexity index is 507. The van der Waals surface area contributed by atoms with E-state index in [0.717, 1.165) is 14.5 Å². The van der Waals surface area contributed by atoms with Gasteiger partial charge >= 0.3 is 0 Å². The van der Waals surface area contributed by atoms with Gasteiger partial charge in [0.05, 0.1) is 6.04 Å². The van der Waals surface area contributed by atoms with Crippen molar-refractivity contribution < 1.29 is 0 Å². The molecule has 0 saturated heterocycles. The van der Waals surface area contributed by atoms with Gasteiger partial charge in [-0.3, -0.25) is 0 Å². The first kappa shape index (κ1) is 12.3. The molecule has 0 amide bonds. The molecular formula is C12H11Br2NS. The van der Waals surface area contributed by atoms with Crippen molar-refractivity contribution in [1.29, 1.82) is 0 Å². The third-order valence-corrected chi connectivity index (χ3v) is 5.38. The minimum atomic E-state index is -0.0631. The topological polar surface area (TPSA) is 26.0 Å². The predicted molar refractivity (Wildman–Crippen MR) is 76.9 cm³/mol. The quantitative estimate of drug-likeness (QED) is 0.830. The zero-order valence-electron chi connectivity index (χ0n) is 8.71. The molecule has 0 aliphatic heterocycles. The molecule has 0 radical (unpaired) electrons. The van der Waals surface area contributed by atoms with Crippen LogP contribution in [0.4, 0.5) is 0 Å². The Labute approximate surface area is 116 Å². The minimum absolute atomic E-state index is 0.0631. The van der Waals surface area contributed by atoms with Gasteiger partial charge in [0.1, 0.15) is 0 Å². The van der Waals surface area contributed by atoms with Crippen LogP contribution in [0.5, 0.6) is 0 Å². The fraction of sp³-hybridized carbons (Fsp3) is 0.167. The number of benzene rings is 1. The van der Waals surface area contributed by atoms with Crippen LogP contribution in [-0.2, 0) is 0 Å². The zero-order valence-corrected chi connectivity index (χ0v) is 12.7. The number of hydrogen-bond acceptors (Lipinski definition) is 2. The third-order valence-electron chi connectivity index (χ3n) is 2.57. The van der Waals surface area contributed by atoms with Gasteiger partial charge < -0.3 is 5.73 Å². The first-order chi connectivity index (χ1) is 7.61. The van der Waals surface area contributed by atoms with E-state index in [2.05, 4.69) is 44.8 Å². The summed E-state index contributed by atoms with van der Waals surface area (Å²) in [5.74, 6) is 0. The molecule has 1 heterocycles. The summed E-state index contributed by atoms with van der Waals surface area (Å²) in [4.78, 5) is 1.17. The van der Waals surface area contributed by atoms with E-state index in [1.165, 1.54) is 10.4 Å². The highest BCUT2D eigenvalue weighted by Crippen LogP contribution is 2.34. The SMILES string of the molecule is Cc1c(Br)cccc1C(N)c1sccc1Br. The van der Waals surface area contributed by atoms with Gasteiger partial charge in [0.15, 0.2) is 0 Å². The molecule has 0 fully saturated rings. The first-order valence-electron chi connectivity index (χ1n) is 4.84. The Balaban J connectivity index is 2.46. The molecule has 2 N–H and O–H groups in total. The van der Waals surface area contributed by atoms with E-state index >= 15 is 0 Å². The summed E-state index contributed by atoms with van der Waals surface area (Å²) in [5, 5.41) is 2.05. The lowest BCUT2D eigenvalue weighted by Gasteiger charge is -2.15. The highest BCUT2D eigenvalue weighted by molar-refractivity contribution is 9.10. The molecule has 1 atom stereocenters. The molecule has 1 unspecified atom stereocenters. The minimum Gasteiger partial charge on any atom is -0.320 e. The average molecular weight is 361 g/mol. The fourth-order valence-corrected chi connectivity index (χ4v) is 3.65. The monoisotopic (exact) mass is 359 g/mol. The smallest absolute Gasteiger partial charge is 0.0660 e. The summed E-state index contributed by atoms with van der Waals surface area (Å²) in [6.07, 6.45) is 0. The van der Waals surface area contributed by atoms with Crippen molar-refractivity contribution in [3.63, 3.8) is 0 Å². The zero-order chi connectivity index (χ0) is 11.7. The summed E-state index contributed by atoms with van der Waals surface area (Å²) < 4.78 is 2.19. The molecule has 0 aliphatic rings. The molecule has 1 aromatic heterocycles. The molecule has 0 spiro atoms. The molecule has 1 nitrogen and oxygen atoms in total. The largest absolute Gasteiger partial charge is 0.320 e.